The summed E-state index contributed by atoms with van der Waals surface area (Å²) in [5.74, 6) is -0.477. The van der Waals surface area contributed by atoms with E-state index >= 15 is 0 Å². The molecule has 9 nitrogen and oxygen atoms in total. The van der Waals surface area contributed by atoms with Crippen LogP contribution in [0.25, 0.3) is 5.32 Å². The summed E-state index contributed by atoms with van der Waals surface area (Å²) in [6.07, 6.45) is 8.21. The van der Waals surface area contributed by atoms with Gasteiger partial charge in [-0.05, 0) is 51.5 Å². The summed E-state index contributed by atoms with van der Waals surface area (Å²) in [4.78, 5) is 37.2. The summed E-state index contributed by atoms with van der Waals surface area (Å²) >= 11 is 0. The number of hydrogen-bond donors (Lipinski definition) is 4. The summed E-state index contributed by atoms with van der Waals surface area (Å²) in [5.41, 5.74) is 11.1. The fourth-order valence-electron chi connectivity index (χ4n) is 3.98. The van der Waals surface area contributed by atoms with Crippen LogP contribution in [0.1, 0.15) is 71.6 Å². The molecule has 0 aromatic rings. The number of carbonyl (C=O) groups excluding carboxylic acids is 3. The van der Waals surface area contributed by atoms with Crippen LogP contribution in [-0.2, 0) is 14.4 Å². The van der Waals surface area contributed by atoms with Crippen LogP contribution in [0, 0.1) is 11.8 Å². The number of primary amides is 1. The normalized spacial score (nSPS) is 18.0. The lowest BCUT2D eigenvalue weighted by Gasteiger charge is -2.26. The van der Waals surface area contributed by atoms with Gasteiger partial charge in [-0.1, -0.05) is 54.0 Å². The molecule has 10 heteroatoms. The summed E-state index contributed by atoms with van der Waals surface area (Å²) in [7, 11) is -0.524. The van der Waals surface area contributed by atoms with E-state index in [4.69, 9.17) is 11.5 Å². The second-order valence-electron chi connectivity index (χ2n) is 8.90. The number of guanidine groups is 1. The highest BCUT2D eigenvalue weighted by Crippen LogP contribution is 2.29. The first-order chi connectivity index (χ1) is 15.1. The molecule has 0 aromatic carbocycles. The molecule has 1 aliphatic carbocycles. The Morgan fingerprint density at radius 2 is 1.69 bits per heavy atom. The van der Waals surface area contributed by atoms with Gasteiger partial charge in [-0.3, -0.25) is 14.4 Å². The van der Waals surface area contributed by atoms with Crippen LogP contribution < -0.4 is 22.1 Å². The third-order valence-electron chi connectivity index (χ3n) is 5.79. The average molecular weight is 470 g/mol. The molecule has 32 heavy (non-hydrogen) atoms. The van der Waals surface area contributed by atoms with E-state index in [2.05, 4.69) is 20.7 Å². The third-order valence-corrected chi connectivity index (χ3v) is 6.39. The monoisotopic (exact) mass is 469 g/mol. The Morgan fingerprint density at radius 1 is 1.06 bits per heavy atom. The number of nitrogens with one attached hydrogen (secondary N) is 2. The van der Waals surface area contributed by atoms with E-state index in [1.807, 2.05) is 20.3 Å². The van der Waals surface area contributed by atoms with Crippen molar-refractivity contribution in [3.8, 4) is 0 Å². The molecule has 1 aliphatic rings. The number of carbonyl (C=O) groups is 3. The standard InChI is InChI=1S/C22H43N6O3P/c1-5-17(19(23)29)26-21(31)18(12-9-13-25-22(24)28-32(3)4)27-20(30)15(2)14-16-10-7-6-8-11-16/h15-18H,5-14H2,1-4H3,(H7,23,24,25,26,27,28,29,30,31)/p-1. The van der Waals surface area contributed by atoms with Crippen LogP contribution in [0.5, 0.6) is 0 Å². The molecule has 0 radical (unpaired) electrons. The lowest BCUT2D eigenvalue weighted by molar-refractivity contribution is -0.133. The van der Waals surface area contributed by atoms with E-state index in [9.17, 15) is 14.4 Å². The predicted molar refractivity (Wildman–Crippen MR) is 132 cm³/mol. The van der Waals surface area contributed by atoms with Crippen molar-refractivity contribution >= 4 is 31.8 Å². The molecular weight excluding hydrogens is 427 g/mol. The van der Waals surface area contributed by atoms with Crippen molar-refractivity contribution in [3.63, 3.8) is 0 Å². The van der Waals surface area contributed by atoms with Crippen LogP contribution in [0.2, 0.25) is 0 Å². The molecule has 0 aromatic heterocycles. The topological polar surface area (TPSA) is 154 Å². The zero-order valence-electron chi connectivity index (χ0n) is 20.1. The molecule has 1 fully saturated rings. The Balaban J connectivity index is 2.69. The van der Waals surface area contributed by atoms with E-state index in [1.165, 1.54) is 32.1 Å². The molecule has 0 spiro atoms. The molecule has 0 saturated heterocycles. The molecule has 1 saturated carbocycles. The molecule has 0 aliphatic heterocycles. The molecule has 0 bridgehead atoms. The van der Waals surface area contributed by atoms with Gasteiger partial charge in [0.05, 0.1) is 0 Å². The first kappa shape index (κ1) is 28.1. The summed E-state index contributed by atoms with van der Waals surface area (Å²) in [6, 6.07) is -1.52. The SMILES string of the molecule is CCC(NC(=O)C(CCC[N-]/C(N)=N\P(C)C)NC(=O)C(C)CC1CCCCC1)C(N)=O. The van der Waals surface area contributed by atoms with Gasteiger partial charge in [0.25, 0.3) is 0 Å². The van der Waals surface area contributed by atoms with Crippen molar-refractivity contribution in [2.75, 3.05) is 19.9 Å². The fourth-order valence-corrected chi connectivity index (χ4v) is 4.46. The predicted octanol–water partition coefficient (Wildman–Crippen LogP) is 2.58. The number of nitrogens with zero attached hydrogens (tertiary/aromatic N) is 2. The van der Waals surface area contributed by atoms with Crippen LogP contribution >= 0.6 is 8.07 Å². The highest BCUT2D eigenvalue weighted by molar-refractivity contribution is 7.54. The molecule has 184 valence electrons. The van der Waals surface area contributed by atoms with Crippen molar-refractivity contribution in [2.45, 2.75) is 83.7 Å². The summed E-state index contributed by atoms with van der Waals surface area (Å²) in [6.45, 7) is 8.04. The van der Waals surface area contributed by atoms with Gasteiger partial charge in [0.15, 0.2) is 0 Å². The first-order valence-electron chi connectivity index (χ1n) is 11.7. The summed E-state index contributed by atoms with van der Waals surface area (Å²) in [5, 5.41) is 9.77. The van der Waals surface area contributed by atoms with Gasteiger partial charge < -0.3 is 32.2 Å². The molecule has 0 heterocycles. The smallest absolute Gasteiger partial charge is 0.243 e. The minimum absolute atomic E-state index is 0.136. The zero-order valence-corrected chi connectivity index (χ0v) is 21.0. The van der Waals surface area contributed by atoms with Crippen LogP contribution in [0.3, 0.4) is 0 Å². The van der Waals surface area contributed by atoms with Crippen LogP contribution in [0.4, 0.5) is 0 Å². The van der Waals surface area contributed by atoms with Crippen molar-refractivity contribution in [1.29, 1.82) is 0 Å². The van der Waals surface area contributed by atoms with Gasteiger partial charge in [0.1, 0.15) is 12.1 Å². The molecule has 3 amide bonds. The Kier molecular flexibility index (Phi) is 13.2. The molecule has 3 atom stereocenters. The first-order valence-corrected chi connectivity index (χ1v) is 13.9. The minimum Gasteiger partial charge on any atom is -0.454 e. The molecular formula is C22H42N6O3P-. The zero-order chi connectivity index (χ0) is 24.1. The van der Waals surface area contributed by atoms with Crippen LogP contribution in [0.15, 0.2) is 4.76 Å². The number of amides is 3. The average Bonchev–Trinajstić information content (AvgIpc) is 2.73. The maximum atomic E-state index is 12.8. The number of rotatable bonds is 13. The third kappa shape index (κ3) is 11.1. The lowest BCUT2D eigenvalue weighted by Crippen LogP contribution is -2.53. The van der Waals surface area contributed by atoms with Gasteiger partial charge in [0.2, 0.25) is 17.7 Å². The van der Waals surface area contributed by atoms with E-state index in [0.717, 1.165) is 6.42 Å². The number of hydrogen-bond acceptors (Lipinski definition) is 4. The Bertz CT molecular complexity index is 637. The van der Waals surface area contributed by atoms with Crippen molar-refractivity contribution < 1.29 is 14.4 Å². The number of nitrogens with two attached hydrogens (primary N) is 2. The van der Waals surface area contributed by atoms with E-state index in [1.54, 1.807) is 6.92 Å². The Labute approximate surface area is 194 Å². The van der Waals surface area contributed by atoms with E-state index < -0.39 is 32.0 Å². The lowest BCUT2D eigenvalue weighted by atomic mass is 9.83. The summed E-state index contributed by atoms with van der Waals surface area (Å²) < 4.78 is 4.22. The van der Waals surface area contributed by atoms with E-state index in [-0.39, 0.29) is 17.8 Å². The Morgan fingerprint density at radius 3 is 2.25 bits per heavy atom. The quantitative estimate of drug-likeness (QED) is 0.142. The molecule has 3 unspecified atom stereocenters. The van der Waals surface area contributed by atoms with Crippen molar-refractivity contribution in [1.82, 2.24) is 10.6 Å². The highest BCUT2D eigenvalue weighted by Gasteiger charge is 2.27. The van der Waals surface area contributed by atoms with Gasteiger partial charge in [-0.15, -0.1) is 0 Å². The second kappa shape index (κ2) is 15.0. The van der Waals surface area contributed by atoms with Crippen LogP contribution in [-0.4, -0.2) is 55.6 Å². The maximum Gasteiger partial charge on any atom is 0.243 e. The fraction of sp³-hybridized carbons (Fsp3) is 0.818. The van der Waals surface area contributed by atoms with Gasteiger partial charge in [-0.25, -0.2) is 0 Å². The van der Waals surface area contributed by atoms with Gasteiger partial charge in [-0.2, -0.15) is 0 Å². The van der Waals surface area contributed by atoms with E-state index in [0.29, 0.717) is 31.7 Å². The molecule has 6 N–H and O–H groups in total. The minimum atomic E-state index is -0.762. The Hall–Kier alpha value is -1.89. The van der Waals surface area contributed by atoms with Gasteiger partial charge in [0, 0.05) is 11.9 Å². The highest BCUT2D eigenvalue weighted by atomic mass is 31.1. The van der Waals surface area contributed by atoms with Crippen molar-refractivity contribution in [2.24, 2.45) is 28.1 Å². The second-order valence-corrected chi connectivity index (χ2v) is 10.8. The maximum absolute atomic E-state index is 12.8. The van der Waals surface area contributed by atoms with Crippen molar-refractivity contribution in [3.05, 3.63) is 5.32 Å². The largest absolute Gasteiger partial charge is 0.454 e. The molecule has 1 rings (SSSR count). The van der Waals surface area contributed by atoms with Gasteiger partial charge >= 0.3 is 0 Å².